The maximum absolute atomic E-state index is 8.84. The normalized spacial score (nSPS) is 27.9. The smallest absolute Gasteiger partial charge is 0.109 e. The average Bonchev–Trinajstić information content (AvgIpc) is 2.66. The van der Waals surface area contributed by atoms with E-state index in [1.165, 1.54) is 0 Å². The van der Waals surface area contributed by atoms with E-state index in [1.807, 2.05) is 10.9 Å². The van der Waals surface area contributed by atoms with Crippen molar-refractivity contribution in [3.8, 4) is 6.07 Å². The summed E-state index contributed by atoms with van der Waals surface area (Å²) < 4.78 is 8.03. The Labute approximate surface area is 102 Å². The van der Waals surface area contributed by atoms with Crippen LogP contribution in [0.25, 0.3) is 0 Å². The summed E-state index contributed by atoms with van der Waals surface area (Å²) >= 11 is 0. The van der Waals surface area contributed by atoms with Gasteiger partial charge in [0.1, 0.15) is 5.60 Å². The second-order valence-electron chi connectivity index (χ2n) is 5.21. The minimum Gasteiger partial charge on any atom is -0.366 e. The molecule has 17 heavy (non-hydrogen) atoms. The van der Waals surface area contributed by atoms with Crippen molar-refractivity contribution in [1.29, 1.82) is 5.26 Å². The number of rotatable bonds is 2. The molecular formula is C13H19N3O. The molecule has 2 heterocycles. The predicted octanol–water partition coefficient (Wildman–Crippen LogP) is 2.55. The van der Waals surface area contributed by atoms with Gasteiger partial charge in [-0.05, 0) is 25.3 Å². The van der Waals surface area contributed by atoms with Crippen molar-refractivity contribution in [3.63, 3.8) is 0 Å². The summed E-state index contributed by atoms with van der Waals surface area (Å²) in [7, 11) is 0. The van der Waals surface area contributed by atoms with Crippen LogP contribution < -0.4 is 0 Å². The van der Waals surface area contributed by atoms with Gasteiger partial charge in [0.25, 0.3) is 0 Å². The van der Waals surface area contributed by atoms with Crippen molar-refractivity contribution in [1.82, 2.24) is 9.78 Å². The van der Waals surface area contributed by atoms with E-state index in [0.29, 0.717) is 18.9 Å². The quantitative estimate of drug-likeness (QED) is 0.788. The lowest BCUT2D eigenvalue weighted by molar-refractivity contribution is -0.111. The van der Waals surface area contributed by atoms with Gasteiger partial charge in [-0.1, -0.05) is 13.8 Å². The van der Waals surface area contributed by atoms with Crippen molar-refractivity contribution >= 4 is 0 Å². The average molecular weight is 233 g/mol. The van der Waals surface area contributed by atoms with Gasteiger partial charge < -0.3 is 4.74 Å². The molecule has 1 aliphatic heterocycles. The minimum atomic E-state index is -0.299. The number of aryl methyl sites for hydroxylation is 1. The molecule has 0 amide bonds. The third-order valence-corrected chi connectivity index (χ3v) is 3.80. The second kappa shape index (κ2) is 4.15. The Morgan fingerprint density at radius 2 is 2.41 bits per heavy atom. The van der Waals surface area contributed by atoms with E-state index < -0.39 is 0 Å². The van der Waals surface area contributed by atoms with Crippen LogP contribution in [0.4, 0.5) is 0 Å². The van der Waals surface area contributed by atoms with E-state index in [2.05, 4.69) is 38.9 Å². The molecule has 0 bridgehead atoms. The molecule has 2 atom stereocenters. The number of aromatic nitrogens is 2. The van der Waals surface area contributed by atoms with Crippen molar-refractivity contribution in [2.45, 2.75) is 45.8 Å². The van der Waals surface area contributed by atoms with Crippen LogP contribution in [0.2, 0.25) is 0 Å². The highest BCUT2D eigenvalue weighted by Crippen LogP contribution is 2.40. The number of ether oxygens (including phenoxy) is 1. The highest BCUT2D eigenvalue weighted by atomic mass is 16.5. The fraction of sp³-hybridized carbons (Fsp3) is 0.692. The zero-order valence-electron chi connectivity index (χ0n) is 10.9. The molecule has 1 aromatic rings. The summed E-state index contributed by atoms with van der Waals surface area (Å²) in [5, 5.41) is 13.3. The molecule has 0 saturated carbocycles. The molecule has 0 saturated heterocycles. The van der Waals surface area contributed by atoms with E-state index in [1.54, 1.807) is 0 Å². The van der Waals surface area contributed by atoms with Crippen LogP contribution in [0.3, 0.4) is 0 Å². The largest absolute Gasteiger partial charge is 0.366 e. The standard InChI is InChI=1S/C13H19N3O/c1-9(2)13(4)12-10(3)7-15-16(12)11(5-6-14)8-17-13/h7,9,11H,5,8H2,1-4H3. The molecule has 92 valence electrons. The predicted molar refractivity (Wildman–Crippen MR) is 64.4 cm³/mol. The Kier molecular flexibility index (Phi) is 2.96. The summed E-state index contributed by atoms with van der Waals surface area (Å²) in [5.74, 6) is 0.375. The van der Waals surface area contributed by atoms with E-state index in [0.717, 1.165) is 11.3 Å². The number of nitrogens with zero attached hydrogens (tertiary/aromatic N) is 3. The first-order valence-electron chi connectivity index (χ1n) is 6.06. The lowest BCUT2D eigenvalue weighted by atomic mass is 9.85. The number of hydrogen-bond acceptors (Lipinski definition) is 3. The van der Waals surface area contributed by atoms with Crippen LogP contribution in [0.5, 0.6) is 0 Å². The lowest BCUT2D eigenvalue weighted by Gasteiger charge is -2.41. The van der Waals surface area contributed by atoms with Gasteiger partial charge in [0.05, 0.1) is 37.0 Å². The zero-order valence-corrected chi connectivity index (χ0v) is 10.9. The van der Waals surface area contributed by atoms with Gasteiger partial charge in [-0.3, -0.25) is 4.68 Å². The first-order valence-corrected chi connectivity index (χ1v) is 6.06. The third-order valence-electron chi connectivity index (χ3n) is 3.80. The molecule has 0 aromatic carbocycles. The summed E-state index contributed by atoms with van der Waals surface area (Å²) in [4.78, 5) is 0. The van der Waals surface area contributed by atoms with Crippen molar-refractivity contribution < 1.29 is 4.74 Å². The summed E-state index contributed by atoms with van der Waals surface area (Å²) in [6.45, 7) is 9.04. The van der Waals surface area contributed by atoms with Gasteiger partial charge in [-0.2, -0.15) is 10.4 Å². The van der Waals surface area contributed by atoms with Gasteiger partial charge in [-0.15, -0.1) is 0 Å². The van der Waals surface area contributed by atoms with Crippen LogP contribution in [-0.4, -0.2) is 16.4 Å². The molecule has 2 unspecified atom stereocenters. The Hall–Kier alpha value is -1.34. The maximum atomic E-state index is 8.84. The summed E-state index contributed by atoms with van der Waals surface area (Å²) in [6, 6.07) is 2.25. The Morgan fingerprint density at radius 3 is 3.00 bits per heavy atom. The topological polar surface area (TPSA) is 50.8 Å². The van der Waals surface area contributed by atoms with Crippen molar-refractivity contribution in [2.24, 2.45) is 5.92 Å². The Bertz CT molecular complexity index is 458. The number of hydrogen-bond donors (Lipinski definition) is 0. The SMILES string of the molecule is Cc1cnn2c1C(C)(C(C)C)OCC2CC#N. The Morgan fingerprint density at radius 1 is 1.71 bits per heavy atom. The van der Waals surface area contributed by atoms with E-state index in [4.69, 9.17) is 10.00 Å². The van der Waals surface area contributed by atoms with Crippen molar-refractivity contribution in [2.75, 3.05) is 6.61 Å². The minimum absolute atomic E-state index is 0.0514. The van der Waals surface area contributed by atoms with E-state index in [-0.39, 0.29) is 11.6 Å². The van der Waals surface area contributed by atoms with Crippen LogP contribution in [-0.2, 0) is 10.3 Å². The fourth-order valence-electron chi connectivity index (χ4n) is 2.44. The van der Waals surface area contributed by atoms with Crippen molar-refractivity contribution in [3.05, 3.63) is 17.5 Å². The third kappa shape index (κ3) is 1.75. The number of fused-ring (bicyclic) bond motifs is 1. The second-order valence-corrected chi connectivity index (χ2v) is 5.21. The molecule has 1 aromatic heterocycles. The monoisotopic (exact) mass is 233 g/mol. The van der Waals surface area contributed by atoms with E-state index >= 15 is 0 Å². The first kappa shape index (κ1) is 12.1. The zero-order chi connectivity index (χ0) is 12.6. The molecule has 0 radical (unpaired) electrons. The van der Waals surface area contributed by atoms with Crippen LogP contribution in [0, 0.1) is 24.2 Å². The van der Waals surface area contributed by atoms with Gasteiger partial charge in [0, 0.05) is 0 Å². The Balaban J connectivity index is 2.50. The fourth-order valence-corrected chi connectivity index (χ4v) is 2.44. The molecule has 1 aliphatic rings. The molecule has 4 heteroatoms. The molecule has 4 nitrogen and oxygen atoms in total. The van der Waals surface area contributed by atoms with Gasteiger partial charge in [0.15, 0.2) is 0 Å². The van der Waals surface area contributed by atoms with E-state index in [9.17, 15) is 0 Å². The van der Waals surface area contributed by atoms with Crippen LogP contribution in [0.15, 0.2) is 6.20 Å². The summed E-state index contributed by atoms with van der Waals surface area (Å²) in [6.07, 6.45) is 2.32. The maximum Gasteiger partial charge on any atom is 0.109 e. The molecule has 0 aliphatic carbocycles. The highest BCUT2D eigenvalue weighted by molar-refractivity contribution is 5.25. The molecule has 2 rings (SSSR count). The van der Waals surface area contributed by atoms with Crippen LogP contribution >= 0.6 is 0 Å². The number of nitriles is 1. The van der Waals surface area contributed by atoms with Crippen LogP contribution in [0.1, 0.15) is 44.5 Å². The van der Waals surface area contributed by atoms with Gasteiger partial charge in [0.2, 0.25) is 0 Å². The lowest BCUT2D eigenvalue weighted by Crippen LogP contribution is -2.42. The molecule has 0 fully saturated rings. The van der Waals surface area contributed by atoms with Gasteiger partial charge in [-0.25, -0.2) is 0 Å². The summed E-state index contributed by atoms with van der Waals surface area (Å²) in [5.41, 5.74) is 1.97. The molecule has 0 spiro atoms. The van der Waals surface area contributed by atoms with Gasteiger partial charge >= 0.3 is 0 Å². The first-order chi connectivity index (χ1) is 8.00. The molecular weight excluding hydrogens is 214 g/mol. The molecule has 0 N–H and O–H groups in total. The highest BCUT2D eigenvalue weighted by Gasteiger charge is 2.41.